The third-order valence-electron chi connectivity index (χ3n) is 2.28. The maximum Gasteiger partial charge on any atom is 0.336 e. The van der Waals surface area contributed by atoms with Gasteiger partial charge in [0.25, 0.3) is 0 Å². The second-order valence-corrected chi connectivity index (χ2v) is 4.00. The predicted molar refractivity (Wildman–Crippen MR) is 64.5 cm³/mol. The number of carboxylic acid groups (broad SMARTS) is 1. The average Bonchev–Trinajstić information content (AvgIpc) is 2.27. The van der Waals surface area contributed by atoms with E-state index in [0.717, 1.165) is 0 Å². The smallest absolute Gasteiger partial charge is 0.336 e. The minimum Gasteiger partial charge on any atom is -0.478 e. The number of para-hydroxylation sites is 1. The first-order valence-electron chi connectivity index (χ1n) is 5.37. The zero-order chi connectivity index (χ0) is 12.4. The van der Waals surface area contributed by atoms with Crippen LogP contribution in [0, 0.1) is 0 Å². The molecule has 1 N–H and O–H groups in total. The maximum atomic E-state index is 11.2. The Hall–Kier alpha value is -2.10. The monoisotopic (exact) mass is 231 g/mol. The average molecular weight is 231 g/mol. The van der Waals surface area contributed by atoms with Crippen LogP contribution in [0.3, 0.4) is 0 Å². The van der Waals surface area contributed by atoms with E-state index in [-0.39, 0.29) is 11.7 Å². The number of pyridine rings is 1. The highest BCUT2D eigenvalue weighted by Crippen LogP contribution is 2.22. The van der Waals surface area contributed by atoms with Gasteiger partial charge in [0.15, 0.2) is 0 Å². The largest absolute Gasteiger partial charge is 0.478 e. The van der Waals surface area contributed by atoms with E-state index in [1.54, 1.807) is 18.2 Å². The lowest BCUT2D eigenvalue weighted by atomic mass is 10.1. The topological polar surface area (TPSA) is 59.4 Å². The van der Waals surface area contributed by atoms with Gasteiger partial charge in [-0.15, -0.1) is 0 Å². The van der Waals surface area contributed by atoms with Crippen molar-refractivity contribution in [2.24, 2.45) is 0 Å². The number of carboxylic acids is 1. The number of hydrogen-bond donors (Lipinski definition) is 1. The molecule has 0 radical (unpaired) electrons. The van der Waals surface area contributed by atoms with Gasteiger partial charge in [-0.05, 0) is 19.9 Å². The summed E-state index contributed by atoms with van der Waals surface area (Å²) in [7, 11) is 0. The summed E-state index contributed by atoms with van der Waals surface area (Å²) in [6.07, 6.45) is -0.0368. The molecule has 0 unspecified atom stereocenters. The van der Waals surface area contributed by atoms with Crippen LogP contribution in [0.25, 0.3) is 10.9 Å². The molecule has 2 rings (SSSR count). The van der Waals surface area contributed by atoms with Crippen LogP contribution < -0.4 is 4.74 Å². The Balaban J connectivity index is 2.63. The lowest BCUT2D eigenvalue weighted by molar-refractivity contribution is 0.0698. The molecule has 0 atom stereocenters. The van der Waals surface area contributed by atoms with E-state index in [1.165, 1.54) is 6.07 Å². The molecule has 17 heavy (non-hydrogen) atoms. The number of aromatic nitrogens is 1. The molecule has 0 bridgehead atoms. The van der Waals surface area contributed by atoms with Crippen molar-refractivity contribution in [1.29, 1.82) is 0 Å². The van der Waals surface area contributed by atoms with Crippen molar-refractivity contribution < 1.29 is 14.6 Å². The lowest BCUT2D eigenvalue weighted by Gasteiger charge is -2.10. The van der Waals surface area contributed by atoms with Crippen LogP contribution in [0.4, 0.5) is 0 Å². The van der Waals surface area contributed by atoms with Gasteiger partial charge in [0, 0.05) is 11.5 Å². The summed E-state index contributed by atoms with van der Waals surface area (Å²) in [5, 5.41) is 9.78. The highest BCUT2D eigenvalue weighted by molar-refractivity contribution is 6.02. The van der Waals surface area contributed by atoms with E-state index in [4.69, 9.17) is 9.84 Å². The Morgan fingerprint density at radius 2 is 2.06 bits per heavy atom. The zero-order valence-corrected chi connectivity index (χ0v) is 9.68. The number of carbonyl (C=O) groups is 1. The zero-order valence-electron chi connectivity index (χ0n) is 9.68. The first kappa shape index (κ1) is 11.4. The highest BCUT2D eigenvalue weighted by Gasteiger charge is 2.12. The van der Waals surface area contributed by atoms with E-state index in [0.29, 0.717) is 16.8 Å². The summed E-state index contributed by atoms with van der Waals surface area (Å²) in [4.78, 5) is 15.4. The molecule has 0 saturated heterocycles. The summed E-state index contributed by atoms with van der Waals surface area (Å²) in [6, 6.07) is 8.59. The van der Waals surface area contributed by atoms with E-state index in [1.807, 2.05) is 19.9 Å². The van der Waals surface area contributed by atoms with Gasteiger partial charge >= 0.3 is 5.97 Å². The standard InChI is InChI=1S/C13H13NO3/c1-8(2)17-12-7-10(13(15)16)9-5-3-4-6-11(9)14-12/h3-8H,1-2H3,(H,15,16). The summed E-state index contributed by atoms with van der Waals surface area (Å²) >= 11 is 0. The Morgan fingerprint density at radius 3 is 2.71 bits per heavy atom. The Labute approximate surface area is 98.9 Å². The van der Waals surface area contributed by atoms with Crippen LogP contribution in [0.1, 0.15) is 24.2 Å². The van der Waals surface area contributed by atoms with Crippen LogP contribution in [-0.4, -0.2) is 22.2 Å². The van der Waals surface area contributed by atoms with E-state index < -0.39 is 5.97 Å². The molecule has 0 aliphatic rings. The lowest BCUT2D eigenvalue weighted by Crippen LogP contribution is -2.08. The molecule has 0 spiro atoms. The molecule has 0 amide bonds. The molecule has 2 aromatic rings. The summed E-state index contributed by atoms with van der Waals surface area (Å²) in [5.74, 6) is -0.631. The molecule has 0 aliphatic carbocycles. The summed E-state index contributed by atoms with van der Waals surface area (Å²) < 4.78 is 5.44. The van der Waals surface area contributed by atoms with Crippen LogP contribution in [-0.2, 0) is 0 Å². The van der Waals surface area contributed by atoms with Crippen LogP contribution in [0.5, 0.6) is 5.88 Å². The van der Waals surface area contributed by atoms with Crippen molar-refractivity contribution in [3.05, 3.63) is 35.9 Å². The molecular weight excluding hydrogens is 218 g/mol. The van der Waals surface area contributed by atoms with Gasteiger partial charge in [0.05, 0.1) is 17.2 Å². The number of ether oxygens (including phenoxy) is 1. The molecule has 88 valence electrons. The van der Waals surface area contributed by atoms with Crippen molar-refractivity contribution in [3.8, 4) is 5.88 Å². The van der Waals surface area contributed by atoms with Crippen molar-refractivity contribution in [2.75, 3.05) is 0 Å². The van der Waals surface area contributed by atoms with Crippen LogP contribution in [0.15, 0.2) is 30.3 Å². The van der Waals surface area contributed by atoms with E-state index in [2.05, 4.69) is 4.98 Å². The third kappa shape index (κ3) is 2.36. The Bertz CT molecular complexity index is 564. The molecular formula is C13H13NO3. The van der Waals surface area contributed by atoms with Crippen molar-refractivity contribution in [3.63, 3.8) is 0 Å². The Kier molecular flexibility index (Phi) is 2.95. The fourth-order valence-electron chi connectivity index (χ4n) is 1.63. The van der Waals surface area contributed by atoms with E-state index in [9.17, 15) is 4.79 Å². The van der Waals surface area contributed by atoms with Crippen LogP contribution in [0.2, 0.25) is 0 Å². The van der Waals surface area contributed by atoms with Crippen molar-refractivity contribution >= 4 is 16.9 Å². The minimum absolute atomic E-state index is 0.0368. The van der Waals surface area contributed by atoms with E-state index >= 15 is 0 Å². The van der Waals surface area contributed by atoms with Crippen molar-refractivity contribution in [1.82, 2.24) is 4.98 Å². The molecule has 4 nitrogen and oxygen atoms in total. The summed E-state index contributed by atoms with van der Waals surface area (Å²) in [5.41, 5.74) is 0.842. The molecule has 1 heterocycles. The summed E-state index contributed by atoms with van der Waals surface area (Å²) in [6.45, 7) is 3.74. The number of nitrogens with zero attached hydrogens (tertiary/aromatic N) is 1. The molecule has 4 heteroatoms. The van der Waals surface area contributed by atoms with Crippen LogP contribution >= 0.6 is 0 Å². The number of benzene rings is 1. The SMILES string of the molecule is CC(C)Oc1cc(C(=O)O)c2ccccc2n1. The normalized spacial score (nSPS) is 10.8. The van der Waals surface area contributed by atoms with Gasteiger partial charge in [0.1, 0.15) is 0 Å². The second kappa shape index (κ2) is 4.41. The molecule has 0 fully saturated rings. The number of hydrogen-bond acceptors (Lipinski definition) is 3. The number of aromatic carboxylic acids is 1. The molecule has 1 aromatic carbocycles. The van der Waals surface area contributed by atoms with Crippen molar-refractivity contribution in [2.45, 2.75) is 20.0 Å². The van der Waals surface area contributed by atoms with Gasteiger partial charge in [-0.25, -0.2) is 9.78 Å². The molecule has 0 aliphatic heterocycles. The quantitative estimate of drug-likeness (QED) is 0.882. The Morgan fingerprint density at radius 1 is 1.35 bits per heavy atom. The number of rotatable bonds is 3. The first-order valence-corrected chi connectivity index (χ1v) is 5.37. The first-order chi connectivity index (χ1) is 8.08. The van der Waals surface area contributed by atoms with Gasteiger partial charge in [0.2, 0.25) is 5.88 Å². The third-order valence-corrected chi connectivity index (χ3v) is 2.28. The minimum atomic E-state index is -0.975. The number of fused-ring (bicyclic) bond motifs is 1. The fraction of sp³-hybridized carbons (Fsp3) is 0.231. The van der Waals surface area contributed by atoms with Gasteiger partial charge in [-0.1, -0.05) is 18.2 Å². The molecule has 0 saturated carbocycles. The van der Waals surface area contributed by atoms with Gasteiger partial charge in [-0.2, -0.15) is 0 Å². The maximum absolute atomic E-state index is 11.2. The second-order valence-electron chi connectivity index (χ2n) is 4.00. The molecule has 1 aromatic heterocycles. The predicted octanol–water partition coefficient (Wildman–Crippen LogP) is 2.72. The van der Waals surface area contributed by atoms with Gasteiger partial charge in [-0.3, -0.25) is 0 Å². The highest BCUT2D eigenvalue weighted by atomic mass is 16.5. The fourth-order valence-corrected chi connectivity index (χ4v) is 1.63. The van der Waals surface area contributed by atoms with Gasteiger partial charge < -0.3 is 9.84 Å².